The first-order valence-corrected chi connectivity index (χ1v) is 21.9. The third-order valence-corrected chi connectivity index (χ3v) is 12.7. The number of hydrogen-bond acceptors (Lipinski definition) is 11. The molecule has 2 saturated heterocycles. The molecule has 2 aromatic rings. The van der Waals surface area contributed by atoms with Gasteiger partial charge in [0.25, 0.3) is 18.2 Å². The minimum Gasteiger partial charge on any atom is -0.404 e. The Morgan fingerprint density at radius 1 is 1.11 bits per heavy atom. The van der Waals surface area contributed by atoms with E-state index in [2.05, 4.69) is 32.8 Å². The molecule has 64 heavy (non-hydrogen) atoms. The summed E-state index contributed by atoms with van der Waals surface area (Å²) in [6.45, 7) is 4.68. The van der Waals surface area contributed by atoms with Crippen molar-refractivity contribution >= 4 is 52.6 Å². The van der Waals surface area contributed by atoms with Crippen molar-refractivity contribution in [3.8, 4) is 11.8 Å². The van der Waals surface area contributed by atoms with Crippen molar-refractivity contribution in [2.24, 2.45) is 16.5 Å². The van der Waals surface area contributed by atoms with Gasteiger partial charge < -0.3 is 31.5 Å². The Kier molecular flexibility index (Phi) is 14.4. The third kappa shape index (κ3) is 9.66. The molecule has 4 amide bonds. The van der Waals surface area contributed by atoms with Crippen LogP contribution in [0.4, 0.5) is 20.2 Å². The Balaban J connectivity index is 0.959. The number of aliphatic hydroxyl groups is 2. The number of aryl methyl sites for hydroxylation is 1. The third-order valence-electron chi connectivity index (χ3n) is 12.7. The number of nitrogens with two attached hydrogens (primary N) is 2. The van der Waals surface area contributed by atoms with Gasteiger partial charge >= 0.3 is 0 Å². The van der Waals surface area contributed by atoms with Crippen LogP contribution in [0.5, 0.6) is 0 Å². The molecule has 0 radical (unpaired) electrons. The average Bonchev–Trinajstić information content (AvgIpc) is 3.54. The predicted octanol–water partition coefficient (Wildman–Crippen LogP) is 2.60. The number of nitrogens with zero attached hydrogens (tertiary/aromatic N) is 5. The largest absolute Gasteiger partial charge is 0.404 e. The Hall–Kier alpha value is -6.16. The molecular formula is C46H57F2N10O6+. The number of halogens is 2. The minimum atomic E-state index is -2.76. The number of carbonyl (C=O) groups excluding carboxylic acids is 4. The van der Waals surface area contributed by atoms with Crippen molar-refractivity contribution in [1.29, 1.82) is 0 Å². The van der Waals surface area contributed by atoms with Gasteiger partial charge in [-0.2, -0.15) is 0 Å². The van der Waals surface area contributed by atoms with Gasteiger partial charge in [-0.05, 0) is 74.4 Å². The van der Waals surface area contributed by atoms with Crippen molar-refractivity contribution in [3.05, 3.63) is 75.6 Å². The lowest BCUT2D eigenvalue weighted by Crippen LogP contribution is -2.53. The zero-order valence-corrected chi connectivity index (χ0v) is 36.2. The first kappa shape index (κ1) is 45.9. The number of hydrogen-bond donors (Lipinski definition) is 7. The number of rotatable bonds is 12. The lowest BCUT2D eigenvalue weighted by molar-refractivity contribution is -0.447. The lowest BCUT2D eigenvalue weighted by Gasteiger charge is -2.37. The molecular weight excluding hydrogens is 827 g/mol. The van der Waals surface area contributed by atoms with Crippen LogP contribution in [0.2, 0.25) is 0 Å². The number of amidine groups is 1. The SMILES string of the molecule is CN=C/C(=C\N)c1cc2c(cc1C(F)F)[N+](=C(N)C1=C(NC3CCN(C(=O)CC#CCCNc4cccc5c4C(O)N(C4CCC(=O)NC4=O)C5=O)CC3)CCN(C(C)O)C1)CCC2. The number of piperidine rings is 2. The normalized spacial score (nSPS) is 22.3. The van der Waals surface area contributed by atoms with E-state index in [-0.39, 0.29) is 42.3 Å². The van der Waals surface area contributed by atoms with E-state index in [1.54, 1.807) is 38.2 Å². The van der Waals surface area contributed by atoms with E-state index in [0.29, 0.717) is 105 Å². The van der Waals surface area contributed by atoms with E-state index >= 15 is 0 Å². The van der Waals surface area contributed by atoms with E-state index in [0.717, 1.165) is 28.2 Å². The number of fused-ring (bicyclic) bond motifs is 2. The molecule has 3 atom stereocenters. The van der Waals surface area contributed by atoms with Crippen LogP contribution in [0.25, 0.3) is 5.57 Å². The molecule has 5 heterocycles. The van der Waals surface area contributed by atoms with Gasteiger partial charge in [0.1, 0.15) is 18.0 Å². The van der Waals surface area contributed by atoms with Gasteiger partial charge in [0.2, 0.25) is 17.7 Å². The van der Waals surface area contributed by atoms with Crippen LogP contribution < -0.4 is 27.4 Å². The molecule has 7 rings (SSSR count). The molecule has 5 aliphatic rings. The molecule has 0 spiro atoms. The number of carbonyl (C=O) groups is 4. The topological polar surface area (TPSA) is 222 Å². The summed E-state index contributed by atoms with van der Waals surface area (Å²) in [6.07, 6.45) is 2.02. The van der Waals surface area contributed by atoms with Crippen molar-refractivity contribution < 1.29 is 42.7 Å². The molecule has 340 valence electrons. The van der Waals surface area contributed by atoms with E-state index in [4.69, 9.17) is 11.5 Å². The number of aliphatic hydroxyl groups excluding tert-OH is 2. The number of allylic oxidation sites excluding steroid dienone is 1. The van der Waals surface area contributed by atoms with E-state index in [1.807, 2.05) is 14.4 Å². The molecule has 5 aliphatic heterocycles. The van der Waals surface area contributed by atoms with Gasteiger partial charge in [-0.25, -0.2) is 13.4 Å². The highest BCUT2D eigenvalue weighted by molar-refractivity contribution is 6.10. The van der Waals surface area contributed by atoms with Gasteiger partial charge in [0, 0.05) is 111 Å². The summed E-state index contributed by atoms with van der Waals surface area (Å²) in [5.41, 5.74) is 17.9. The number of likely N-dealkylation sites (tertiary alicyclic amines) is 1. The maximum Gasteiger partial charge on any atom is 0.279 e. The van der Waals surface area contributed by atoms with Crippen LogP contribution in [0, 0.1) is 11.8 Å². The van der Waals surface area contributed by atoms with E-state index < -0.39 is 42.6 Å². The fourth-order valence-corrected chi connectivity index (χ4v) is 9.28. The molecule has 16 nitrogen and oxygen atoms in total. The molecule has 0 saturated carbocycles. The molecule has 3 unspecified atom stereocenters. The van der Waals surface area contributed by atoms with Crippen LogP contribution in [0.3, 0.4) is 0 Å². The second-order valence-corrected chi connectivity index (χ2v) is 16.7. The van der Waals surface area contributed by atoms with Gasteiger partial charge in [0.15, 0.2) is 6.23 Å². The zero-order chi connectivity index (χ0) is 45.7. The Morgan fingerprint density at radius 3 is 2.59 bits per heavy atom. The fraction of sp³-hybridized carbons (Fsp3) is 0.478. The maximum atomic E-state index is 14.6. The minimum absolute atomic E-state index is 0.0600. The van der Waals surface area contributed by atoms with Gasteiger partial charge in [-0.15, -0.1) is 5.92 Å². The van der Waals surface area contributed by atoms with Crippen molar-refractivity contribution in [2.45, 2.75) is 95.7 Å². The summed E-state index contributed by atoms with van der Waals surface area (Å²) >= 11 is 0. The quantitative estimate of drug-likeness (QED) is 0.0410. The number of imide groups is 1. The summed E-state index contributed by atoms with van der Waals surface area (Å²) in [4.78, 5) is 59.4. The molecule has 18 heteroatoms. The van der Waals surface area contributed by atoms with Gasteiger partial charge in [0.05, 0.1) is 18.5 Å². The smallest absolute Gasteiger partial charge is 0.279 e. The average molecular weight is 884 g/mol. The van der Waals surface area contributed by atoms with E-state index in [1.165, 1.54) is 18.5 Å². The number of anilines is 1. The highest BCUT2D eigenvalue weighted by atomic mass is 19.3. The fourth-order valence-electron chi connectivity index (χ4n) is 9.28. The molecule has 0 bridgehead atoms. The summed E-state index contributed by atoms with van der Waals surface area (Å²) in [5.74, 6) is 4.90. The molecule has 2 aromatic carbocycles. The number of amides is 4. The van der Waals surface area contributed by atoms with Crippen LogP contribution in [-0.4, -0.2) is 130 Å². The Bertz CT molecular complexity index is 2360. The van der Waals surface area contributed by atoms with Crippen molar-refractivity contribution in [2.75, 3.05) is 51.6 Å². The lowest BCUT2D eigenvalue weighted by atomic mass is 9.92. The first-order chi connectivity index (χ1) is 30.8. The summed E-state index contributed by atoms with van der Waals surface area (Å²) < 4.78 is 31.0. The number of alkyl halides is 2. The van der Waals surface area contributed by atoms with Crippen LogP contribution in [0.15, 0.2) is 52.8 Å². The van der Waals surface area contributed by atoms with Gasteiger partial charge in [-0.1, -0.05) is 12.0 Å². The van der Waals surface area contributed by atoms with Crippen molar-refractivity contribution in [3.63, 3.8) is 0 Å². The first-order valence-electron chi connectivity index (χ1n) is 21.9. The number of benzene rings is 2. The standard InChI is InChI=1S/C46H56F2N10O6/c1-27(59)56-21-16-35(34(26-56)43(50)57-18-7-8-28-22-32(29(24-49)25-51-2)33(42(47)48)23-38(28)57)53-30-14-19-55(20-15-30)40(61)11-4-3-5-17-52-36-10-6-9-31-41(36)46(64)58(45(31)63)37-12-13-39(60)54-44(37)62/h6,9-10,22-25,27,30,37,42,46,52,59,64H,5,7-8,11-21,26H2,1-2H3,(H5,49,50,51,53,54,60,62)/p+1. The summed E-state index contributed by atoms with van der Waals surface area (Å²) in [6, 6.07) is 7.40. The van der Waals surface area contributed by atoms with Crippen LogP contribution >= 0.6 is 0 Å². The maximum absolute atomic E-state index is 14.6. The summed E-state index contributed by atoms with van der Waals surface area (Å²) in [5, 5.41) is 30.9. The predicted molar refractivity (Wildman–Crippen MR) is 237 cm³/mol. The number of nitrogens with one attached hydrogen (secondary N) is 3. The monoisotopic (exact) mass is 883 g/mol. The zero-order valence-electron chi connectivity index (χ0n) is 36.2. The Labute approximate surface area is 371 Å². The molecule has 2 fully saturated rings. The molecule has 0 aliphatic carbocycles. The van der Waals surface area contributed by atoms with Crippen LogP contribution in [0.1, 0.15) is 104 Å². The second-order valence-electron chi connectivity index (χ2n) is 16.7. The highest BCUT2D eigenvalue weighted by Gasteiger charge is 2.45. The highest BCUT2D eigenvalue weighted by Crippen LogP contribution is 2.40. The number of aliphatic imine (C=N–C) groups is 1. The van der Waals surface area contributed by atoms with E-state index in [9.17, 15) is 38.2 Å². The molecule has 9 N–H and O–H groups in total. The van der Waals surface area contributed by atoms with Crippen LogP contribution in [-0.2, 0) is 20.8 Å². The Morgan fingerprint density at radius 2 is 1.89 bits per heavy atom. The molecule has 0 aromatic heterocycles. The van der Waals surface area contributed by atoms with Gasteiger partial charge in [-0.3, -0.25) is 45.0 Å². The van der Waals surface area contributed by atoms with Crippen molar-refractivity contribution in [1.82, 2.24) is 25.3 Å². The summed E-state index contributed by atoms with van der Waals surface area (Å²) in [7, 11) is 1.56. The second kappa shape index (κ2) is 20.1.